The van der Waals surface area contributed by atoms with Crippen molar-refractivity contribution in [1.29, 1.82) is 0 Å². The molecule has 1 amide bonds. The lowest BCUT2D eigenvalue weighted by molar-refractivity contribution is -0.120. The normalized spacial score (nSPS) is 31.2. The fourth-order valence-electron chi connectivity index (χ4n) is 3.77. The minimum Gasteiger partial charge on any atom is -0.357 e. The molecule has 2 saturated carbocycles. The third-order valence-corrected chi connectivity index (χ3v) is 5.06. The summed E-state index contributed by atoms with van der Waals surface area (Å²) in [5.74, 6) is 3.15. The van der Waals surface area contributed by atoms with Crippen LogP contribution in [0.25, 0.3) is 0 Å². The van der Waals surface area contributed by atoms with Gasteiger partial charge < -0.3 is 10.2 Å². The first kappa shape index (κ1) is 12.2. The van der Waals surface area contributed by atoms with E-state index >= 15 is 0 Å². The third-order valence-electron chi connectivity index (χ3n) is 5.06. The minimum absolute atomic E-state index is 0.188. The van der Waals surface area contributed by atoms with Crippen LogP contribution in [-0.2, 0) is 4.79 Å². The lowest BCUT2D eigenvalue weighted by atomic mass is 10.0. The molecule has 1 N–H and O–H groups in total. The largest absolute Gasteiger partial charge is 0.357 e. The maximum Gasteiger partial charge on any atom is 0.227 e. The Balaban J connectivity index is 1.37. The van der Waals surface area contributed by atoms with E-state index in [1.807, 2.05) is 12.1 Å². The molecule has 3 aliphatic rings. The summed E-state index contributed by atoms with van der Waals surface area (Å²) >= 11 is 0. The Morgan fingerprint density at radius 2 is 1.90 bits per heavy atom. The number of rotatable bonds is 3. The Bertz CT molecular complexity index is 497. The van der Waals surface area contributed by atoms with Crippen molar-refractivity contribution in [1.82, 2.24) is 4.98 Å². The van der Waals surface area contributed by atoms with Gasteiger partial charge >= 0.3 is 0 Å². The monoisotopic (exact) mass is 271 g/mol. The number of hydrogen-bond donors (Lipinski definition) is 1. The van der Waals surface area contributed by atoms with Gasteiger partial charge in [-0.05, 0) is 56.1 Å². The number of hydrogen-bond acceptors (Lipinski definition) is 3. The fourth-order valence-corrected chi connectivity index (χ4v) is 3.77. The molecule has 2 heterocycles. The zero-order valence-electron chi connectivity index (χ0n) is 11.7. The predicted octanol–water partition coefficient (Wildman–Crippen LogP) is 2.67. The van der Waals surface area contributed by atoms with E-state index in [4.69, 9.17) is 0 Å². The number of fused-ring (bicyclic) bond motifs is 1. The highest BCUT2D eigenvalue weighted by Gasteiger charge is 2.47. The van der Waals surface area contributed by atoms with Crippen LogP contribution < -0.4 is 10.2 Å². The number of anilines is 2. The van der Waals surface area contributed by atoms with E-state index in [-0.39, 0.29) is 11.8 Å². The van der Waals surface area contributed by atoms with Crippen LogP contribution in [0.1, 0.15) is 32.1 Å². The number of amides is 1. The van der Waals surface area contributed by atoms with Gasteiger partial charge in [0.1, 0.15) is 5.82 Å². The molecule has 4 rings (SSSR count). The second kappa shape index (κ2) is 4.76. The van der Waals surface area contributed by atoms with Gasteiger partial charge in [0.2, 0.25) is 5.91 Å². The molecule has 1 saturated heterocycles. The summed E-state index contributed by atoms with van der Waals surface area (Å²) in [7, 11) is 0. The minimum atomic E-state index is 0.188. The van der Waals surface area contributed by atoms with Gasteiger partial charge in [-0.15, -0.1) is 0 Å². The third kappa shape index (κ3) is 2.28. The summed E-state index contributed by atoms with van der Waals surface area (Å²) in [6.07, 6.45) is 7.84. The van der Waals surface area contributed by atoms with E-state index in [1.165, 1.54) is 19.3 Å². The highest BCUT2D eigenvalue weighted by Crippen LogP contribution is 2.54. The van der Waals surface area contributed by atoms with Crippen molar-refractivity contribution in [2.24, 2.45) is 17.8 Å². The second-order valence-electron chi connectivity index (χ2n) is 6.51. The summed E-state index contributed by atoms with van der Waals surface area (Å²) in [5, 5.41) is 3.02. The van der Waals surface area contributed by atoms with E-state index in [9.17, 15) is 4.79 Å². The van der Waals surface area contributed by atoms with E-state index in [0.29, 0.717) is 0 Å². The van der Waals surface area contributed by atoms with Crippen LogP contribution in [0.2, 0.25) is 0 Å². The van der Waals surface area contributed by atoms with Crippen molar-refractivity contribution in [3.8, 4) is 0 Å². The van der Waals surface area contributed by atoms with Crippen LogP contribution >= 0.6 is 0 Å². The molecule has 0 bridgehead atoms. The molecule has 1 aromatic heterocycles. The zero-order chi connectivity index (χ0) is 13.5. The van der Waals surface area contributed by atoms with Crippen molar-refractivity contribution in [3.05, 3.63) is 18.3 Å². The second-order valence-corrected chi connectivity index (χ2v) is 6.51. The summed E-state index contributed by atoms with van der Waals surface area (Å²) in [6.45, 7) is 2.20. The highest BCUT2D eigenvalue weighted by molar-refractivity contribution is 5.92. The molecule has 2 aliphatic carbocycles. The molecule has 2 atom stereocenters. The van der Waals surface area contributed by atoms with E-state index in [1.54, 1.807) is 6.20 Å². The first-order valence-corrected chi connectivity index (χ1v) is 7.81. The Morgan fingerprint density at radius 3 is 2.55 bits per heavy atom. The van der Waals surface area contributed by atoms with Gasteiger partial charge in [0, 0.05) is 19.0 Å². The zero-order valence-corrected chi connectivity index (χ0v) is 11.7. The van der Waals surface area contributed by atoms with E-state index in [2.05, 4.69) is 15.2 Å². The maximum atomic E-state index is 12.2. The Hall–Kier alpha value is -1.58. The number of carbonyl (C=O) groups is 1. The van der Waals surface area contributed by atoms with Crippen LogP contribution in [0.5, 0.6) is 0 Å². The van der Waals surface area contributed by atoms with Gasteiger partial charge in [0.05, 0.1) is 11.9 Å². The topological polar surface area (TPSA) is 45.2 Å². The van der Waals surface area contributed by atoms with Crippen molar-refractivity contribution in [3.63, 3.8) is 0 Å². The van der Waals surface area contributed by atoms with Gasteiger partial charge in [-0.3, -0.25) is 4.79 Å². The maximum absolute atomic E-state index is 12.2. The van der Waals surface area contributed by atoms with E-state index < -0.39 is 0 Å². The van der Waals surface area contributed by atoms with Crippen molar-refractivity contribution < 1.29 is 4.79 Å². The standard InChI is InChI=1S/C16H21N3O/c20-16(13-8-11-7-12(11)9-13)18-14-3-4-15(17-10-14)19-5-1-2-6-19/h3-4,10-13H,1-2,5-9H2,(H,18,20). The van der Waals surface area contributed by atoms with Crippen molar-refractivity contribution >= 4 is 17.4 Å². The lowest BCUT2D eigenvalue weighted by Crippen LogP contribution is -2.22. The fraction of sp³-hybridized carbons (Fsp3) is 0.625. The quantitative estimate of drug-likeness (QED) is 0.919. The summed E-state index contributed by atoms with van der Waals surface area (Å²) in [5.41, 5.74) is 0.832. The molecule has 0 aromatic carbocycles. The Morgan fingerprint density at radius 1 is 1.15 bits per heavy atom. The van der Waals surface area contributed by atoms with Crippen molar-refractivity contribution in [2.45, 2.75) is 32.1 Å². The molecule has 1 aliphatic heterocycles. The summed E-state index contributed by atoms with van der Waals surface area (Å²) in [6, 6.07) is 4.00. The van der Waals surface area contributed by atoms with Gasteiger partial charge in [-0.1, -0.05) is 0 Å². The molecule has 1 aromatic rings. The van der Waals surface area contributed by atoms with Crippen LogP contribution in [-0.4, -0.2) is 24.0 Å². The van der Waals surface area contributed by atoms with Crippen LogP contribution in [0.4, 0.5) is 11.5 Å². The van der Waals surface area contributed by atoms with Gasteiger partial charge in [-0.2, -0.15) is 0 Å². The molecule has 0 radical (unpaired) electrons. The SMILES string of the molecule is O=C(Nc1ccc(N2CCCC2)nc1)C1CC2CC2C1. The van der Waals surface area contributed by atoms with Gasteiger partial charge in [0.25, 0.3) is 0 Å². The first-order chi connectivity index (χ1) is 9.79. The highest BCUT2D eigenvalue weighted by atomic mass is 16.1. The predicted molar refractivity (Wildman–Crippen MR) is 78.6 cm³/mol. The molecule has 4 nitrogen and oxygen atoms in total. The molecule has 106 valence electrons. The smallest absolute Gasteiger partial charge is 0.227 e. The number of aromatic nitrogens is 1. The van der Waals surface area contributed by atoms with Gasteiger partial charge in [-0.25, -0.2) is 4.98 Å². The Labute approximate surface area is 119 Å². The number of carbonyl (C=O) groups excluding carboxylic acids is 1. The molecule has 20 heavy (non-hydrogen) atoms. The number of nitrogens with zero attached hydrogens (tertiary/aromatic N) is 2. The molecule has 4 heteroatoms. The Kier molecular flexibility index (Phi) is 2.90. The van der Waals surface area contributed by atoms with Gasteiger partial charge in [0.15, 0.2) is 0 Å². The van der Waals surface area contributed by atoms with E-state index in [0.717, 1.165) is 49.3 Å². The molecule has 0 spiro atoms. The first-order valence-electron chi connectivity index (χ1n) is 7.81. The summed E-state index contributed by atoms with van der Waals surface area (Å²) in [4.78, 5) is 18.9. The number of pyridine rings is 1. The number of nitrogens with one attached hydrogen (secondary N) is 1. The average molecular weight is 271 g/mol. The molecule has 2 unspecified atom stereocenters. The van der Waals surface area contributed by atoms with Crippen LogP contribution in [0.3, 0.4) is 0 Å². The van der Waals surface area contributed by atoms with Crippen LogP contribution in [0, 0.1) is 17.8 Å². The lowest BCUT2D eigenvalue weighted by Gasteiger charge is -2.17. The molecule has 3 fully saturated rings. The van der Waals surface area contributed by atoms with Crippen molar-refractivity contribution in [2.75, 3.05) is 23.3 Å². The average Bonchev–Trinajstić information content (AvgIpc) is 2.92. The summed E-state index contributed by atoms with van der Waals surface area (Å²) < 4.78 is 0. The molecular weight excluding hydrogens is 250 g/mol. The molecular formula is C16H21N3O. The van der Waals surface area contributed by atoms with Crippen LogP contribution in [0.15, 0.2) is 18.3 Å².